The van der Waals surface area contributed by atoms with Gasteiger partial charge >= 0.3 is 0 Å². The quantitative estimate of drug-likeness (QED) is 0.893. The molecule has 0 aromatic heterocycles. The number of rotatable bonds is 5. The Morgan fingerprint density at radius 2 is 2.20 bits per heavy atom. The summed E-state index contributed by atoms with van der Waals surface area (Å²) in [7, 11) is 3.44. The zero-order valence-electron chi connectivity index (χ0n) is 12.1. The van der Waals surface area contributed by atoms with Crippen LogP contribution in [0.25, 0.3) is 0 Å². The fourth-order valence-corrected chi connectivity index (χ4v) is 3.30. The number of hydrogen-bond donors (Lipinski definition) is 1. The number of hydrogen-bond acceptors (Lipinski definition) is 4. The van der Waals surface area contributed by atoms with Gasteiger partial charge in [-0.3, -0.25) is 4.90 Å². The number of nitrogens with zero attached hydrogens (tertiary/aromatic N) is 1. The van der Waals surface area contributed by atoms with E-state index in [0.29, 0.717) is 0 Å². The minimum Gasteiger partial charge on any atom is -0.496 e. The monoisotopic (exact) mass is 342 g/mol. The van der Waals surface area contributed by atoms with E-state index >= 15 is 0 Å². The van der Waals surface area contributed by atoms with Crippen molar-refractivity contribution in [2.45, 2.75) is 24.9 Å². The van der Waals surface area contributed by atoms with Crippen LogP contribution in [0.5, 0.6) is 5.75 Å². The summed E-state index contributed by atoms with van der Waals surface area (Å²) in [6.07, 6.45) is 2.18. The van der Waals surface area contributed by atoms with Gasteiger partial charge in [0.1, 0.15) is 5.75 Å². The van der Waals surface area contributed by atoms with Crippen LogP contribution in [0.2, 0.25) is 0 Å². The van der Waals surface area contributed by atoms with Crippen molar-refractivity contribution in [2.75, 3.05) is 33.9 Å². The minimum absolute atomic E-state index is 0.129. The van der Waals surface area contributed by atoms with E-state index in [9.17, 15) is 0 Å². The van der Waals surface area contributed by atoms with Crippen molar-refractivity contribution < 1.29 is 9.47 Å². The number of benzene rings is 1. The van der Waals surface area contributed by atoms with Gasteiger partial charge in [-0.1, -0.05) is 15.9 Å². The largest absolute Gasteiger partial charge is 0.496 e. The Bertz CT molecular complexity index is 442. The second kappa shape index (κ2) is 7.41. The summed E-state index contributed by atoms with van der Waals surface area (Å²) in [6.45, 7) is 2.67. The summed E-state index contributed by atoms with van der Waals surface area (Å²) in [5.41, 5.74) is 7.55. The van der Waals surface area contributed by atoms with E-state index in [1.807, 2.05) is 12.1 Å². The van der Waals surface area contributed by atoms with Gasteiger partial charge in [-0.05, 0) is 37.6 Å². The Hall–Kier alpha value is -0.620. The number of nitrogens with two attached hydrogens (primary N) is 1. The van der Waals surface area contributed by atoms with E-state index in [1.165, 1.54) is 0 Å². The topological polar surface area (TPSA) is 47.7 Å². The first kappa shape index (κ1) is 15.8. The molecule has 1 heterocycles. The fourth-order valence-electron chi connectivity index (χ4n) is 2.92. The molecule has 4 nitrogen and oxygen atoms in total. The maximum absolute atomic E-state index is 6.39. The van der Waals surface area contributed by atoms with Gasteiger partial charge in [-0.2, -0.15) is 0 Å². The van der Waals surface area contributed by atoms with E-state index in [1.54, 1.807) is 14.2 Å². The smallest absolute Gasteiger partial charge is 0.123 e. The third-order valence-corrected chi connectivity index (χ3v) is 4.37. The van der Waals surface area contributed by atoms with Gasteiger partial charge in [0.2, 0.25) is 0 Å². The molecule has 0 bridgehead atoms. The van der Waals surface area contributed by atoms with Gasteiger partial charge in [0.05, 0.1) is 19.8 Å². The fraction of sp³-hybridized carbons (Fsp3) is 0.600. The first-order valence-corrected chi connectivity index (χ1v) is 7.78. The van der Waals surface area contributed by atoms with Crippen LogP contribution in [0.1, 0.15) is 24.4 Å². The van der Waals surface area contributed by atoms with Crippen LogP contribution in [0, 0.1) is 0 Å². The summed E-state index contributed by atoms with van der Waals surface area (Å²) in [4.78, 5) is 2.40. The van der Waals surface area contributed by atoms with E-state index in [0.717, 1.165) is 48.3 Å². The van der Waals surface area contributed by atoms with Crippen LogP contribution in [0.15, 0.2) is 22.7 Å². The number of halogens is 1. The molecule has 0 aliphatic carbocycles. The first-order valence-electron chi connectivity index (χ1n) is 6.99. The van der Waals surface area contributed by atoms with Crippen LogP contribution in [0.3, 0.4) is 0 Å². The number of piperidine rings is 1. The maximum atomic E-state index is 6.39. The van der Waals surface area contributed by atoms with Crippen molar-refractivity contribution >= 4 is 15.9 Å². The first-order chi connectivity index (χ1) is 9.67. The second-order valence-corrected chi connectivity index (χ2v) is 6.08. The average Bonchev–Trinajstić information content (AvgIpc) is 2.45. The molecule has 0 amide bonds. The molecule has 1 aromatic carbocycles. The van der Waals surface area contributed by atoms with Crippen LogP contribution in [-0.4, -0.2) is 44.9 Å². The molecule has 2 atom stereocenters. The van der Waals surface area contributed by atoms with Crippen molar-refractivity contribution in [1.29, 1.82) is 0 Å². The van der Waals surface area contributed by atoms with Crippen molar-refractivity contribution in [1.82, 2.24) is 4.90 Å². The van der Waals surface area contributed by atoms with Gasteiger partial charge in [-0.15, -0.1) is 0 Å². The second-order valence-electron chi connectivity index (χ2n) is 5.17. The Balaban J connectivity index is 2.31. The number of likely N-dealkylation sites (tertiary alicyclic amines) is 1. The highest BCUT2D eigenvalue weighted by Gasteiger charge is 2.32. The summed E-state index contributed by atoms with van der Waals surface area (Å²) < 4.78 is 11.8. The summed E-state index contributed by atoms with van der Waals surface area (Å²) >= 11 is 3.55. The lowest BCUT2D eigenvalue weighted by molar-refractivity contribution is 0.0835. The molecule has 1 aliphatic rings. The third-order valence-electron chi connectivity index (χ3n) is 3.87. The molecular formula is C15H23BrN2O2. The average molecular weight is 343 g/mol. The molecule has 2 N–H and O–H groups in total. The molecule has 1 aromatic rings. The normalized spacial score (nSPS) is 23.8. The van der Waals surface area contributed by atoms with Crippen LogP contribution < -0.4 is 10.5 Å². The highest BCUT2D eigenvalue weighted by Crippen LogP contribution is 2.36. The van der Waals surface area contributed by atoms with Crippen molar-refractivity contribution in [3.05, 3.63) is 28.2 Å². The van der Waals surface area contributed by atoms with E-state index < -0.39 is 0 Å². The van der Waals surface area contributed by atoms with E-state index in [4.69, 9.17) is 15.2 Å². The molecule has 112 valence electrons. The Morgan fingerprint density at radius 1 is 1.40 bits per heavy atom. The lowest BCUT2D eigenvalue weighted by Gasteiger charge is -2.40. The lowest BCUT2D eigenvalue weighted by Crippen LogP contribution is -2.47. The lowest BCUT2D eigenvalue weighted by atomic mass is 9.90. The number of ether oxygens (including phenoxy) is 2. The predicted molar refractivity (Wildman–Crippen MR) is 84.1 cm³/mol. The number of methoxy groups -OCH3 is 2. The molecule has 1 aliphatic heterocycles. The zero-order valence-corrected chi connectivity index (χ0v) is 13.7. The van der Waals surface area contributed by atoms with Crippen LogP contribution in [-0.2, 0) is 4.74 Å². The minimum atomic E-state index is 0.129. The maximum Gasteiger partial charge on any atom is 0.123 e. The zero-order chi connectivity index (χ0) is 14.5. The molecular weight excluding hydrogens is 320 g/mol. The van der Waals surface area contributed by atoms with E-state index in [-0.39, 0.29) is 12.1 Å². The molecule has 1 saturated heterocycles. The molecule has 2 unspecified atom stereocenters. The predicted octanol–water partition coefficient (Wildman–Crippen LogP) is 2.57. The van der Waals surface area contributed by atoms with Crippen molar-refractivity contribution in [3.63, 3.8) is 0 Å². The SMILES string of the molecule is COCCN1CCCC(N)C1c1cc(Br)ccc1OC. The summed E-state index contributed by atoms with van der Waals surface area (Å²) in [6, 6.07) is 6.43. The molecule has 2 rings (SSSR count). The van der Waals surface area contributed by atoms with Crippen LogP contribution in [0.4, 0.5) is 0 Å². The molecule has 0 spiro atoms. The standard InChI is InChI=1S/C15H23BrN2O2/c1-19-9-8-18-7-3-4-13(17)15(18)12-10-11(16)5-6-14(12)20-2/h5-6,10,13,15H,3-4,7-9,17H2,1-2H3. The summed E-state index contributed by atoms with van der Waals surface area (Å²) in [5, 5.41) is 0. The third kappa shape index (κ3) is 3.52. The molecule has 20 heavy (non-hydrogen) atoms. The van der Waals surface area contributed by atoms with Crippen molar-refractivity contribution in [2.24, 2.45) is 5.73 Å². The molecule has 0 radical (unpaired) electrons. The van der Waals surface area contributed by atoms with Gasteiger partial charge < -0.3 is 15.2 Å². The van der Waals surface area contributed by atoms with Gasteiger partial charge in [0.15, 0.2) is 0 Å². The highest BCUT2D eigenvalue weighted by molar-refractivity contribution is 9.10. The Kier molecular flexibility index (Phi) is 5.84. The Labute approximate surface area is 129 Å². The van der Waals surface area contributed by atoms with Crippen molar-refractivity contribution in [3.8, 4) is 5.75 Å². The molecule has 5 heteroatoms. The van der Waals surface area contributed by atoms with Gasteiger partial charge in [0, 0.05) is 29.7 Å². The Morgan fingerprint density at radius 3 is 2.90 bits per heavy atom. The molecule has 0 saturated carbocycles. The molecule has 1 fully saturated rings. The van der Waals surface area contributed by atoms with Gasteiger partial charge in [-0.25, -0.2) is 0 Å². The van der Waals surface area contributed by atoms with Gasteiger partial charge in [0.25, 0.3) is 0 Å². The highest BCUT2D eigenvalue weighted by atomic mass is 79.9. The summed E-state index contributed by atoms with van der Waals surface area (Å²) in [5.74, 6) is 0.901. The van der Waals surface area contributed by atoms with Crippen LogP contribution >= 0.6 is 15.9 Å². The van der Waals surface area contributed by atoms with E-state index in [2.05, 4.69) is 26.9 Å².